The second-order valence-corrected chi connectivity index (χ2v) is 8.78. The van der Waals surface area contributed by atoms with Crippen molar-refractivity contribution in [2.24, 2.45) is 0 Å². The fraction of sp³-hybridized carbons (Fsp3) is 0.273. The van der Waals surface area contributed by atoms with E-state index in [1.165, 1.54) is 22.2 Å². The number of ether oxygens (including phenoxy) is 2. The van der Waals surface area contributed by atoms with Crippen molar-refractivity contribution in [1.29, 1.82) is 0 Å². The van der Waals surface area contributed by atoms with Gasteiger partial charge in [0.1, 0.15) is 15.8 Å². The molecule has 0 unspecified atom stereocenters. The van der Waals surface area contributed by atoms with Crippen LogP contribution in [0.4, 0.5) is 0 Å². The molecule has 0 saturated carbocycles. The van der Waals surface area contributed by atoms with Gasteiger partial charge in [0.05, 0.1) is 18.1 Å². The first-order valence-corrected chi connectivity index (χ1v) is 10.8. The predicted octanol–water partition coefficient (Wildman–Crippen LogP) is 5.64. The first-order chi connectivity index (χ1) is 13.9. The maximum atomic E-state index is 12.3. The van der Waals surface area contributed by atoms with Crippen LogP contribution >= 0.6 is 35.6 Å². The number of amides is 1. The second kappa shape index (κ2) is 9.65. The van der Waals surface area contributed by atoms with E-state index in [2.05, 4.69) is 19.9 Å². The Bertz CT molecular complexity index is 975. The van der Waals surface area contributed by atoms with Gasteiger partial charge in [-0.15, -0.1) is 0 Å². The summed E-state index contributed by atoms with van der Waals surface area (Å²) in [6, 6.07) is 11.4. The maximum absolute atomic E-state index is 12.3. The van der Waals surface area contributed by atoms with Crippen molar-refractivity contribution in [3.8, 4) is 11.5 Å². The summed E-state index contributed by atoms with van der Waals surface area (Å²) in [5.74, 6) is 1.45. The van der Waals surface area contributed by atoms with Crippen LogP contribution in [0.1, 0.15) is 23.1 Å². The standard InChI is InChI=1S/C22H22ClNO3S2/c1-14-6-4-7-18(15(14)2)26-10-5-11-27-19-9-8-17(23)12-16(19)13-20-21(25)24(3)22(28)29-20/h4,6-9,12-13H,5,10-11H2,1-3H3. The van der Waals surface area contributed by atoms with E-state index in [-0.39, 0.29) is 5.91 Å². The normalized spacial score (nSPS) is 15.3. The Hall–Kier alpha value is -2.02. The summed E-state index contributed by atoms with van der Waals surface area (Å²) < 4.78 is 12.3. The number of halogens is 1. The molecule has 1 amide bonds. The lowest BCUT2D eigenvalue weighted by Gasteiger charge is -2.12. The minimum atomic E-state index is -0.118. The Morgan fingerprint density at radius 2 is 1.86 bits per heavy atom. The van der Waals surface area contributed by atoms with Gasteiger partial charge >= 0.3 is 0 Å². The molecule has 1 heterocycles. The Labute approximate surface area is 185 Å². The molecule has 29 heavy (non-hydrogen) atoms. The lowest BCUT2D eigenvalue weighted by Crippen LogP contribution is -2.22. The number of thiocarbonyl (C=S) groups is 1. The van der Waals surface area contributed by atoms with E-state index in [4.69, 9.17) is 33.3 Å². The monoisotopic (exact) mass is 447 g/mol. The summed E-state index contributed by atoms with van der Waals surface area (Å²) in [5.41, 5.74) is 3.12. The minimum absolute atomic E-state index is 0.118. The number of hydrogen-bond donors (Lipinski definition) is 0. The molecule has 152 valence electrons. The number of benzene rings is 2. The van der Waals surface area contributed by atoms with E-state index in [0.29, 0.717) is 33.2 Å². The lowest BCUT2D eigenvalue weighted by molar-refractivity contribution is -0.121. The SMILES string of the molecule is Cc1cccc(OCCCOc2ccc(Cl)cc2C=C2SC(=S)N(C)C2=O)c1C. The highest BCUT2D eigenvalue weighted by Gasteiger charge is 2.29. The zero-order valence-electron chi connectivity index (χ0n) is 16.5. The zero-order valence-corrected chi connectivity index (χ0v) is 18.9. The van der Waals surface area contributed by atoms with E-state index >= 15 is 0 Å². The van der Waals surface area contributed by atoms with Crippen LogP contribution in [0.5, 0.6) is 11.5 Å². The van der Waals surface area contributed by atoms with Crippen LogP contribution in [0.2, 0.25) is 5.02 Å². The quantitative estimate of drug-likeness (QED) is 0.312. The summed E-state index contributed by atoms with van der Waals surface area (Å²) in [6.07, 6.45) is 2.50. The van der Waals surface area contributed by atoms with Gasteiger partial charge in [0.2, 0.25) is 0 Å². The van der Waals surface area contributed by atoms with Crippen molar-refractivity contribution in [2.75, 3.05) is 20.3 Å². The average molecular weight is 448 g/mol. The van der Waals surface area contributed by atoms with Crippen molar-refractivity contribution < 1.29 is 14.3 Å². The number of carbonyl (C=O) groups is 1. The molecule has 0 spiro atoms. The number of nitrogens with zero attached hydrogens (tertiary/aromatic N) is 1. The van der Waals surface area contributed by atoms with Crippen molar-refractivity contribution >= 4 is 51.9 Å². The molecule has 4 nitrogen and oxygen atoms in total. The van der Waals surface area contributed by atoms with E-state index in [0.717, 1.165) is 23.3 Å². The van der Waals surface area contributed by atoms with Crippen LogP contribution < -0.4 is 9.47 Å². The predicted molar refractivity (Wildman–Crippen MR) is 124 cm³/mol. The number of thioether (sulfide) groups is 1. The molecule has 2 aromatic rings. The van der Waals surface area contributed by atoms with Gasteiger partial charge in [-0.2, -0.15) is 0 Å². The zero-order chi connectivity index (χ0) is 21.0. The van der Waals surface area contributed by atoms with Gasteiger partial charge in [-0.1, -0.05) is 47.7 Å². The van der Waals surface area contributed by atoms with E-state index in [1.807, 2.05) is 18.2 Å². The highest BCUT2D eigenvalue weighted by Crippen LogP contribution is 2.34. The molecule has 0 N–H and O–H groups in total. The van der Waals surface area contributed by atoms with Crippen LogP contribution in [-0.2, 0) is 4.79 Å². The molecule has 3 rings (SSSR count). The van der Waals surface area contributed by atoms with E-state index in [1.54, 1.807) is 25.3 Å². The smallest absolute Gasteiger partial charge is 0.265 e. The average Bonchev–Trinajstić information content (AvgIpc) is 2.93. The molecule has 0 bridgehead atoms. The summed E-state index contributed by atoms with van der Waals surface area (Å²) in [7, 11) is 1.67. The number of rotatable bonds is 7. The van der Waals surface area contributed by atoms with Crippen molar-refractivity contribution in [3.63, 3.8) is 0 Å². The molecule has 1 saturated heterocycles. The van der Waals surface area contributed by atoms with Gasteiger partial charge in [0.15, 0.2) is 0 Å². The molecule has 0 radical (unpaired) electrons. The summed E-state index contributed by atoms with van der Waals surface area (Å²) >= 11 is 12.6. The topological polar surface area (TPSA) is 38.8 Å². The molecular formula is C22H22ClNO3S2. The van der Waals surface area contributed by atoms with Crippen LogP contribution in [0, 0.1) is 13.8 Å². The molecule has 0 aliphatic carbocycles. The highest BCUT2D eigenvalue weighted by molar-refractivity contribution is 8.26. The highest BCUT2D eigenvalue weighted by atomic mass is 35.5. The molecule has 2 aromatic carbocycles. The van der Waals surface area contributed by atoms with Crippen molar-refractivity contribution in [1.82, 2.24) is 4.90 Å². The van der Waals surface area contributed by atoms with Crippen LogP contribution in [-0.4, -0.2) is 35.4 Å². The molecular weight excluding hydrogens is 426 g/mol. The maximum Gasteiger partial charge on any atom is 0.265 e. The first-order valence-electron chi connectivity index (χ1n) is 9.19. The third-order valence-corrected chi connectivity index (χ3v) is 6.32. The number of carbonyl (C=O) groups excluding carboxylic acids is 1. The first kappa shape index (κ1) is 21.7. The number of hydrogen-bond acceptors (Lipinski definition) is 5. The Kier molecular flexibility index (Phi) is 7.22. The summed E-state index contributed by atoms with van der Waals surface area (Å²) in [4.78, 5) is 14.3. The lowest BCUT2D eigenvalue weighted by atomic mass is 10.1. The number of aryl methyl sites for hydroxylation is 1. The fourth-order valence-corrected chi connectivity index (χ4v) is 4.10. The van der Waals surface area contributed by atoms with Crippen LogP contribution in [0.3, 0.4) is 0 Å². The van der Waals surface area contributed by atoms with E-state index < -0.39 is 0 Å². The van der Waals surface area contributed by atoms with Gasteiger partial charge in [-0.25, -0.2) is 0 Å². The van der Waals surface area contributed by atoms with Gasteiger partial charge in [-0.05, 0) is 55.3 Å². The largest absolute Gasteiger partial charge is 0.493 e. The van der Waals surface area contributed by atoms with Gasteiger partial charge in [-0.3, -0.25) is 9.69 Å². The number of likely N-dealkylation sites (N-methyl/N-ethyl adjacent to an activating group) is 1. The Morgan fingerprint density at radius 3 is 2.55 bits per heavy atom. The summed E-state index contributed by atoms with van der Waals surface area (Å²) in [6.45, 7) is 5.17. The fourth-order valence-electron chi connectivity index (χ4n) is 2.75. The third-order valence-electron chi connectivity index (χ3n) is 4.60. The van der Waals surface area contributed by atoms with Gasteiger partial charge < -0.3 is 9.47 Å². The second-order valence-electron chi connectivity index (χ2n) is 6.67. The van der Waals surface area contributed by atoms with Crippen molar-refractivity contribution in [3.05, 3.63) is 63.0 Å². The van der Waals surface area contributed by atoms with Crippen molar-refractivity contribution in [2.45, 2.75) is 20.3 Å². The Balaban J connectivity index is 1.61. The molecule has 1 fully saturated rings. The van der Waals surface area contributed by atoms with Crippen LogP contribution in [0.25, 0.3) is 6.08 Å². The molecule has 1 aliphatic rings. The van der Waals surface area contributed by atoms with Gasteiger partial charge in [0, 0.05) is 24.1 Å². The van der Waals surface area contributed by atoms with Gasteiger partial charge in [0.25, 0.3) is 5.91 Å². The van der Waals surface area contributed by atoms with Crippen LogP contribution in [0.15, 0.2) is 41.3 Å². The third kappa shape index (κ3) is 5.32. The molecule has 0 aromatic heterocycles. The Morgan fingerprint density at radius 1 is 1.14 bits per heavy atom. The van der Waals surface area contributed by atoms with E-state index in [9.17, 15) is 4.79 Å². The molecule has 7 heteroatoms. The molecule has 0 atom stereocenters. The molecule has 1 aliphatic heterocycles. The summed E-state index contributed by atoms with van der Waals surface area (Å²) in [5, 5.41) is 0.578. The minimum Gasteiger partial charge on any atom is -0.493 e.